The van der Waals surface area contributed by atoms with E-state index in [1.165, 1.54) is 0 Å². The number of carbonyl (C=O) groups is 1. The van der Waals surface area contributed by atoms with Crippen LogP contribution in [0.2, 0.25) is 0 Å². The normalized spacial score (nSPS) is 10.6. The first kappa shape index (κ1) is 14.4. The van der Waals surface area contributed by atoms with Crippen LogP contribution in [0.15, 0.2) is 23.4 Å². The van der Waals surface area contributed by atoms with Gasteiger partial charge in [0.25, 0.3) is 0 Å². The summed E-state index contributed by atoms with van der Waals surface area (Å²) in [5.41, 5.74) is 1.92. The van der Waals surface area contributed by atoms with Crippen molar-refractivity contribution in [3.05, 3.63) is 29.6 Å². The number of nitrogens with zero attached hydrogens (tertiary/aromatic N) is 3. The maximum absolute atomic E-state index is 10.7. The minimum Gasteiger partial charge on any atom is -0.497 e. The first-order valence-electron chi connectivity index (χ1n) is 5.94. The average Bonchev–Trinajstić information content (AvgIpc) is 2.77. The third kappa shape index (κ3) is 2.93. The van der Waals surface area contributed by atoms with E-state index >= 15 is 0 Å². The van der Waals surface area contributed by atoms with Crippen molar-refractivity contribution in [2.75, 3.05) is 12.9 Å². The van der Waals surface area contributed by atoms with Gasteiger partial charge in [0.05, 0.1) is 18.6 Å². The summed E-state index contributed by atoms with van der Waals surface area (Å²) >= 11 is 1.15. The fraction of sp³-hybridized carbons (Fsp3) is 0.308. The molecule has 0 amide bonds. The molecule has 0 fully saturated rings. The van der Waals surface area contributed by atoms with Crippen molar-refractivity contribution in [1.82, 2.24) is 14.8 Å². The third-order valence-corrected chi connectivity index (χ3v) is 3.68. The minimum atomic E-state index is -0.881. The Morgan fingerprint density at radius 3 is 2.75 bits per heavy atom. The molecule has 0 saturated heterocycles. The fourth-order valence-electron chi connectivity index (χ4n) is 1.85. The molecule has 1 aromatic carbocycles. The van der Waals surface area contributed by atoms with Gasteiger partial charge in [-0.15, -0.1) is 10.2 Å². The Morgan fingerprint density at radius 1 is 1.40 bits per heavy atom. The second-order valence-electron chi connectivity index (χ2n) is 4.20. The average molecular weight is 293 g/mol. The van der Waals surface area contributed by atoms with Gasteiger partial charge in [-0.25, -0.2) is 0 Å². The topological polar surface area (TPSA) is 77.2 Å². The van der Waals surface area contributed by atoms with E-state index in [0.717, 1.165) is 28.8 Å². The van der Waals surface area contributed by atoms with Gasteiger partial charge in [0.2, 0.25) is 0 Å². The van der Waals surface area contributed by atoms with Gasteiger partial charge in [-0.1, -0.05) is 11.8 Å². The summed E-state index contributed by atoms with van der Waals surface area (Å²) in [5, 5.41) is 17.4. The van der Waals surface area contributed by atoms with Gasteiger partial charge in [0, 0.05) is 0 Å². The smallest absolute Gasteiger partial charge is 0.313 e. The van der Waals surface area contributed by atoms with E-state index in [9.17, 15) is 4.79 Å². The fourth-order valence-corrected chi connectivity index (χ4v) is 2.56. The van der Waals surface area contributed by atoms with Crippen molar-refractivity contribution < 1.29 is 14.6 Å². The summed E-state index contributed by atoms with van der Waals surface area (Å²) in [7, 11) is 1.62. The van der Waals surface area contributed by atoms with Gasteiger partial charge in [0.1, 0.15) is 11.6 Å². The standard InChI is InChI=1S/C13H15N3O3S/c1-8-6-10(19-3)4-5-11(8)16-9(2)14-15-13(16)20-7-12(17)18/h4-6H,7H2,1-3H3,(H,17,18). The van der Waals surface area contributed by atoms with Crippen LogP contribution in [0.1, 0.15) is 11.4 Å². The first-order chi connectivity index (χ1) is 9.52. The number of aromatic nitrogens is 3. The van der Waals surface area contributed by atoms with E-state index in [2.05, 4.69) is 10.2 Å². The zero-order valence-electron chi connectivity index (χ0n) is 11.5. The number of hydrogen-bond acceptors (Lipinski definition) is 5. The van der Waals surface area contributed by atoms with Crippen LogP contribution in [0, 0.1) is 13.8 Å². The molecule has 6 nitrogen and oxygen atoms in total. The largest absolute Gasteiger partial charge is 0.497 e. The quantitative estimate of drug-likeness (QED) is 0.850. The van der Waals surface area contributed by atoms with Crippen molar-refractivity contribution in [2.24, 2.45) is 0 Å². The van der Waals surface area contributed by atoms with E-state index in [-0.39, 0.29) is 5.75 Å². The SMILES string of the molecule is COc1ccc(-n2c(C)nnc2SCC(=O)O)c(C)c1. The highest BCUT2D eigenvalue weighted by molar-refractivity contribution is 7.99. The van der Waals surface area contributed by atoms with Crippen LogP contribution in [0.3, 0.4) is 0 Å². The molecule has 1 aromatic heterocycles. The molecule has 0 bridgehead atoms. The van der Waals surface area contributed by atoms with Crippen LogP contribution in [0.4, 0.5) is 0 Å². The molecule has 7 heteroatoms. The lowest BCUT2D eigenvalue weighted by Crippen LogP contribution is -2.04. The van der Waals surface area contributed by atoms with E-state index < -0.39 is 5.97 Å². The van der Waals surface area contributed by atoms with E-state index in [0.29, 0.717) is 11.0 Å². The predicted molar refractivity (Wildman–Crippen MR) is 75.7 cm³/mol. The molecule has 0 spiro atoms. The van der Waals surface area contributed by atoms with E-state index in [4.69, 9.17) is 9.84 Å². The molecule has 0 atom stereocenters. The van der Waals surface area contributed by atoms with Crippen molar-refractivity contribution in [2.45, 2.75) is 19.0 Å². The number of carboxylic acids is 1. The number of thioether (sulfide) groups is 1. The zero-order valence-corrected chi connectivity index (χ0v) is 12.3. The number of hydrogen-bond donors (Lipinski definition) is 1. The van der Waals surface area contributed by atoms with Crippen LogP contribution >= 0.6 is 11.8 Å². The maximum Gasteiger partial charge on any atom is 0.313 e. The Morgan fingerprint density at radius 2 is 2.15 bits per heavy atom. The van der Waals surface area contributed by atoms with Crippen LogP contribution in [0.25, 0.3) is 5.69 Å². The van der Waals surface area contributed by atoms with Crippen molar-refractivity contribution in [3.63, 3.8) is 0 Å². The first-order valence-corrected chi connectivity index (χ1v) is 6.93. The van der Waals surface area contributed by atoms with Gasteiger partial charge >= 0.3 is 5.97 Å². The summed E-state index contributed by atoms with van der Waals surface area (Å²) in [6.45, 7) is 3.80. The Labute approximate surface area is 120 Å². The highest BCUT2D eigenvalue weighted by Crippen LogP contribution is 2.26. The molecular weight excluding hydrogens is 278 g/mol. The molecule has 0 aliphatic rings. The summed E-state index contributed by atoms with van der Waals surface area (Å²) in [6.07, 6.45) is 0. The lowest BCUT2D eigenvalue weighted by atomic mass is 10.2. The number of rotatable bonds is 5. The van der Waals surface area contributed by atoms with Crippen molar-refractivity contribution in [1.29, 1.82) is 0 Å². The molecule has 106 valence electrons. The minimum absolute atomic E-state index is 0.0483. The molecule has 2 aromatic rings. The lowest BCUT2D eigenvalue weighted by molar-refractivity contribution is -0.133. The predicted octanol–water partition coefficient (Wildman–Crippen LogP) is 2.07. The number of benzene rings is 1. The Kier molecular flexibility index (Phi) is 4.29. The summed E-state index contributed by atoms with van der Waals surface area (Å²) in [5.74, 6) is 0.560. The maximum atomic E-state index is 10.7. The van der Waals surface area contributed by atoms with Crippen LogP contribution in [-0.4, -0.2) is 38.7 Å². The highest BCUT2D eigenvalue weighted by Gasteiger charge is 2.14. The molecule has 0 radical (unpaired) electrons. The number of methoxy groups -OCH3 is 1. The Balaban J connectivity index is 2.41. The zero-order chi connectivity index (χ0) is 14.7. The molecule has 1 N–H and O–H groups in total. The number of aliphatic carboxylic acids is 1. The third-order valence-electron chi connectivity index (χ3n) is 2.76. The van der Waals surface area contributed by atoms with Gasteiger partial charge in [-0.3, -0.25) is 9.36 Å². The van der Waals surface area contributed by atoms with Gasteiger partial charge in [-0.2, -0.15) is 0 Å². The lowest BCUT2D eigenvalue weighted by Gasteiger charge is -2.12. The number of ether oxygens (including phenoxy) is 1. The molecular formula is C13H15N3O3S. The molecule has 0 aliphatic heterocycles. The van der Waals surface area contributed by atoms with Crippen LogP contribution in [0.5, 0.6) is 5.75 Å². The molecule has 0 aliphatic carbocycles. The molecule has 20 heavy (non-hydrogen) atoms. The van der Waals surface area contributed by atoms with Gasteiger partial charge in [-0.05, 0) is 37.6 Å². The second kappa shape index (κ2) is 5.96. The van der Waals surface area contributed by atoms with Crippen LogP contribution in [-0.2, 0) is 4.79 Å². The Bertz CT molecular complexity index is 640. The monoisotopic (exact) mass is 293 g/mol. The second-order valence-corrected chi connectivity index (χ2v) is 5.14. The number of carboxylic acid groups (broad SMARTS) is 1. The number of aryl methyl sites for hydroxylation is 2. The van der Waals surface area contributed by atoms with Crippen molar-refractivity contribution in [3.8, 4) is 11.4 Å². The van der Waals surface area contributed by atoms with E-state index in [1.54, 1.807) is 7.11 Å². The van der Waals surface area contributed by atoms with Crippen molar-refractivity contribution >= 4 is 17.7 Å². The summed E-state index contributed by atoms with van der Waals surface area (Å²) in [4.78, 5) is 10.7. The molecule has 2 rings (SSSR count). The van der Waals surface area contributed by atoms with Crippen LogP contribution < -0.4 is 4.74 Å². The van der Waals surface area contributed by atoms with Gasteiger partial charge < -0.3 is 9.84 Å². The van der Waals surface area contributed by atoms with E-state index in [1.807, 2.05) is 36.6 Å². The summed E-state index contributed by atoms with van der Waals surface area (Å²) < 4.78 is 7.03. The summed E-state index contributed by atoms with van der Waals surface area (Å²) in [6, 6.07) is 5.68. The molecule has 1 heterocycles. The molecule has 0 unspecified atom stereocenters. The Hall–Kier alpha value is -2.02. The molecule has 0 saturated carbocycles. The van der Waals surface area contributed by atoms with Gasteiger partial charge in [0.15, 0.2) is 5.16 Å². The highest BCUT2D eigenvalue weighted by atomic mass is 32.2.